The van der Waals surface area contributed by atoms with Crippen LogP contribution in [0.1, 0.15) is 13.3 Å². The molecule has 2 amide bonds. The summed E-state index contributed by atoms with van der Waals surface area (Å²) in [5, 5.41) is 5.54. The number of carbonyl (C=O) groups is 2. The normalized spacial score (nSPS) is 23.8. The third kappa shape index (κ3) is 2.23. The SMILES string of the molecule is CNC(C)C(=O)NC1CCN(C)C1=O. The van der Waals surface area contributed by atoms with E-state index in [0.29, 0.717) is 6.42 Å². The smallest absolute Gasteiger partial charge is 0.244 e. The highest BCUT2D eigenvalue weighted by atomic mass is 16.2. The summed E-state index contributed by atoms with van der Waals surface area (Å²) in [6, 6.07) is -0.586. The molecule has 0 aromatic rings. The highest BCUT2D eigenvalue weighted by Gasteiger charge is 2.30. The molecular weight excluding hydrogens is 182 g/mol. The first-order chi connectivity index (χ1) is 6.56. The van der Waals surface area contributed by atoms with Crippen molar-refractivity contribution < 1.29 is 9.59 Å². The second-order valence-electron chi connectivity index (χ2n) is 3.62. The lowest BCUT2D eigenvalue weighted by molar-refractivity contribution is -0.132. The van der Waals surface area contributed by atoms with Crippen LogP contribution in [0.15, 0.2) is 0 Å². The van der Waals surface area contributed by atoms with Crippen LogP contribution in [-0.4, -0.2) is 49.4 Å². The molecule has 1 aliphatic heterocycles. The summed E-state index contributed by atoms with van der Waals surface area (Å²) >= 11 is 0. The van der Waals surface area contributed by atoms with Gasteiger partial charge in [0.05, 0.1) is 6.04 Å². The summed E-state index contributed by atoms with van der Waals surface area (Å²) in [4.78, 5) is 24.5. The van der Waals surface area contributed by atoms with E-state index in [9.17, 15) is 9.59 Å². The van der Waals surface area contributed by atoms with E-state index < -0.39 is 0 Å². The van der Waals surface area contributed by atoms with Crippen LogP contribution in [0.3, 0.4) is 0 Å². The van der Waals surface area contributed by atoms with Crippen molar-refractivity contribution in [1.82, 2.24) is 15.5 Å². The van der Waals surface area contributed by atoms with Crippen molar-refractivity contribution >= 4 is 11.8 Å². The standard InChI is InChI=1S/C9H17N3O2/c1-6(10-2)8(13)11-7-4-5-12(3)9(7)14/h6-7,10H,4-5H2,1-3H3,(H,11,13). The Morgan fingerprint density at radius 3 is 2.71 bits per heavy atom. The quantitative estimate of drug-likeness (QED) is 0.609. The van der Waals surface area contributed by atoms with Gasteiger partial charge in [0, 0.05) is 13.6 Å². The van der Waals surface area contributed by atoms with Gasteiger partial charge in [-0.05, 0) is 20.4 Å². The Morgan fingerprint density at radius 2 is 2.29 bits per heavy atom. The van der Waals surface area contributed by atoms with E-state index >= 15 is 0 Å². The van der Waals surface area contributed by atoms with Gasteiger partial charge in [0.2, 0.25) is 11.8 Å². The maximum Gasteiger partial charge on any atom is 0.244 e. The van der Waals surface area contributed by atoms with E-state index in [-0.39, 0.29) is 23.9 Å². The number of carbonyl (C=O) groups excluding carboxylic acids is 2. The number of nitrogens with zero attached hydrogens (tertiary/aromatic N) is 1. The fourth-order valence-corrected chi connectivity index (χ4v) is 1.38. The predicted octanol–water partition coefficient (Wildman–Crippen LogP) is -1.06. The minimum absolute atomic E-state index is 0.00153. The second-order valence-corrected chi connectivity index (χ2v) is 3.62. The molecule has 0 radical (unpaired) electrons. The molecule has 5 nitrogen and oxygen atoms in total. The number of rotatable bonds is 3. The van der Waals surface area contributed by atoms with Crippen LogP contribution in [0.4, 0.5) is 0 Å². The monoisotopic (exact) mass is 199 g/mol. The Labute approximate surface area is 83.8 Å². The highest BCUT2D eigenvalue weighted by molar-refractivity contribution is 5.90. The van der Waals surface area contributed by atoms with Crippen LogP contribution in [-0.2, 0) is 9.59 Å². The number of likely N-dealkylation sites (tertiary alicyclic amines) is 1. The maximum atomic E-state index is 11.4. The van der Waals surface area contributed by atoms with Gasteiger partial charge in [0.15, 0.2) is 0 Å². The molecule has 80 valence electrons. The average molecular weight is 199 g/mol. The van der Waals surface area contributed by atoms with Gasteiger partial charge in [0.25, 0.3) is 0 Å². The molecule has 0 saturated carbocycles. The van der Waals surface area contributed by atoms with Gasteiger partial charge < -0.3 is 15.5 Å². The average Bonchev–Trinajstić information content (AvgIpc) is 2.48. The summed E-state index contributed by atoms with van der Waals surface area (Å²) in [5.41, 5.74) is 0. The molecule has 1 heterocycles. The molecule has 5 heteroatoms. The Balaban J connectivity index is 2.45. The molecule has 2 N–H and O–H groups in total. The van der Waals surface area contributed by atoms with E-state index in [1.54, 1.807) is 25.9 Å². The summed E-state index contributed by atoms with van der Waals surface area (Å²) in [6.45, 7) is 2.48. The molecular formula is C9H17N3O2. The van der Waals surface area contributed by atoms with Crippen molar-refractivity contribution in [2.24, 2.45) is 0 Å². The molecule has 1 aliphatic rings. The maximum absolute atomic E-state index is 11.4. The van der Waals surface area contributed by atoms with Gasteiger partial charge in [-0.15, -0.1) is 0 Å². The number of hydrogen-bond acceptors (Lipinski definition) is 3. The third-order valence-corrected chi connectivity index (χ3v) is 2.57. The number of likely N-dealkylation sites (N-methyl/N-ethyl adjacent to an activating group) is 2. The molecule has 0 aromatic heterocycles. The van der Waals surface area contributed by atoms with Gasteiger partial charge in [-0.1, -0.05) is 0 Å². The minimum atomic E-state index is -0.330. The summed E-state index contributed by atoms with van der Waals surface area (Å²) < 4.78 is 0. The summed E-state index contributed by atoms with van der Waals surface area (Å²) in [7, 11) is 3.46. The van der Waals surface area contributed by atoms with Gasteiger partial charge >= 0.3 is 0 Å². The van der Waals surface area contributed by atoms with Crippen LogP contribution in [0.2, 0.25) is 0 Å². The van der Waals surface area contributed by atoms with Gasteiger partial charge in [-0.3, -0.25) is 9.59 Å². The van der Waals surface area contributed by atoms with Crippen molar-refractivity contribution in [2.45, 2.75) is 25.4 Å². The zero-order chi connectivity index (χ0) is 10.7. The molecule has 0 aliphatic carbocycles. The first-order valence-corrected chi connectivity index (χ1v) is 4.79. The van der Waals surface area contributed by atoms with Crippen molar-refractivity contribution in [3.8, 4) is 0 Å². The topological polar surface area (TPSA) is 61.4 Å². The molecule has 0 spiro atoms. The van der Waals surface area contributed by atoms with Crippen LogP contribution in [0, 0.1) is 0 Å². The minimum Gasteiger partial charge on any atom is -0.344 e. The van der Waals surface area contributed by atoms with E-state index in [0.717, 1.165) is 6.54 Å². The first-order valence-electron chi connectivity index (χ1n) is 4.79. The fraction of sp³-hybridized carbons (Fsp3) is 0.778. The van der Waals surface area contributed by atoms with E-state index in [2.05, 4.69) is 10.6 Å². The largest absolute Gasteiger partial charge is 0.344 e. The molecule has 2 unspecified atom stereocenters. The summed E-state index contributed by atoms with van der Waals surface area (Å²) in [5.74, 6) is -0.122. The molecule has 1 fully saturated rings. The summed E-state index contributed by atoms with van der Waals surface area (Å²) in [6.07, 6.45) is 0.706. The van der Waals surface area contributed by atoms with E-state index in [1.807, 2.05) is 0 Å². The Morgan fingerprint density at radius 1 is 1.64 bits per heavy atom. The lowest BCUT2D eigenvalue weighted by Crippen LogP contribution is -2.47. The van der Waals surface area contributed by atoms with Crippen LogP contribution in [0.25, 0.3) is 0 Å². The predicted molar refractivity (Wildman–Crippen MR) is 52.7 cm³/mol. The van der Waals surface area contributed by atoms with Crippen molar-refractivity contribution in [2.75, 3.05) is 20.6 Å². The van der Waals surface area contributed by atoms with E-state index in [1.165, 1.54) is 0 Å². The van der Waals surface area contributed by atoms with Crippen molar-refractivity contribution in [1.29, 1.82) is 0 Å². The molecule has 2 atom stereocenters. The lowest BCUT2D eigenvalue weighted by atomic mass is 10.2. The molecule has 14 heavy (non-hydrogen) atoms. The van der Waals surface area contributed by atoms with Gasteiger partial charge in [-0.2, -0.15) is 0 Å². The zero-order valence-corrected chi connectivity index (χ0v) is 8.83. The molecule has 0 bridgehead atoms. The van der Waals surface area contributed by atoms with E-state index in [4.69, 9.17) is 0 Å². The lowest BCUT2D eigenvalue weighted by Gasteiger charge is -2.15. The number of amides is 2. The Bertz CT molecular complexity index is 242. The Kier molecular flexibility index (Phi) is 3.46. The van der Waals surface area contributed by atoms with Crippen molar-refractivity contribution in [3.05, 3.63) is 0 Å². The molecule has 1 rings (SSSR count). The Hall–Kier alpha value is -1.10. The van der Waals surface area contributed by atoms with Gasteiger partial charge in [0.1, 0.15) is 6.04 Å². The highest BCUT2D eigenvalue weighted by Crippen LogP contribution is 2.08. The molecule has 0 aromatic carbocycles. The second kappa shape index (κ2) is 4.41. The van der Waals surface area contributed by atoms with Crippen LogP contribution in [0.5, 0.6) is 0 Å². The molecule has 1 saturated heterocycles. The zero-order valence-electron chi connectivity index (χ0n) is 8.83. The first kappa shape index (κ1) is 11.0. The van der Waals surface area contributed by atoms with Gasteiger partial charge in [-0.25, -0.2) is 0 Å². The van der Waals surface area contributed by atoms with Crippen LogP contribution >= 0.6 is 0 Å². The van der Waals surface area contributed by atoms with Crippen LogP contribution < -0.4 is 10.6 Å². The number of hydrogen-bond donors (Lipinski definition) is 2. The number of nitrogens with one attached hydrogen (secondary N) is 2. The van der Waals surface area contributed by atoms with Crippen molar-refractivity contribution in [3.63, 3.8) is 0 Å². The third-order valence-electron chi connectivity index (χ3n) is 2.57. The fourth-order valence-electron chi connectivity index (χ4n) is 1.38.